The fourth-order valence-corrected chi connectivity index (χ4v) is 1.35. The molecule has 0 aliphatic carbocycles. The Morgan fingerprint density at radius 1 is 1.78 bits per heavy atom. The molecule has 0 saturated heterocycles. The number of nitrogens with two attached hydrogens (primary N) is 1. The summed E-state index contributed by atoms with van der Waals surface area (Å²) in [5.41, 5.74) is 4.44. The van der Waals surface area contributed by atoms with Crippen LogP contribution >= 0.6 is 15.9 Å². The van der Waals surface area contributed by atoms with Crippen LogP contribution in [0, 0.1) is 16.7 Å². The van der Waals surface area contributed by atoms with Gasteiger partial charge in [-0.1, -0.05) is 0 Å². The number of aliphatic carboxylic acids is 1. The molecule has 0 fully saturated rings. The van der Waals surface area contributed by atoms with Crippen LogP contribution in [0.3, 0.4) is 0 Å². The van der Waals surface area contributed by atoms with Crippen molar-refractivity contribution in [1.29, 1.82) is 5.26 Å². The quantitative estimate of drug-likeness (QED) is 0.578. The summed E-state index contributed by atoms with van der Waals surface area (Å²) in [4.78, 5) is 14.7. The van der Waals surface area contributed by atoms with E-state index in [1.807, 2.05) is 0 Å². The number of nitrogens with one attached hydrogen (secondary N) is 1. The molecule has 18 heavy (non-hydrogen) atoms. The summed E-state index contributed by atoms with van der Waals surface area (Å²) in [5.74, 6) is -1.21. The van der Waals surface area contributed by atoms with Crippen LogP contribution in [-0.2, 0) is 4.79 Å². The first-order chi connectivity index (χ1) is 7.89. The number of carboxylic acid groups (broad SMARTS) is 1. The number of carboxylic acids is 1. The number of halogens is 1. The van der Waals surface area contributed by atoms with Crippen LogP contribution in [0.5, 0.6) is 0 Å². The van der Waals surface area contributed by atoms with Gasteiger partial charge in [0, 0.05) is 17.2 Å². The number of nitrogens with zero attached hydrogens (tertiary/aromatic N) is 2. The average molecular weight is 305 g/mol. The predicted octanol–water partition coefficient (Wildman–Crippen LogP) is -2.88. The van der Waals surface area contributed by atoms with Gasteiger partial charge in [0.15, 0.2) is 0 Å². The Balaban J connectivity index is 0.00000289. The third-order valence-electron chi connectivity index (χ3n) is 2.21. The molecule has 0 aliphatic rings. The number of nitriles is 1. The summed E-state index contributed by atoms with van der Waals surface area (Å²) in [6.07, 6.45) is 1.52. The zero-order chi connectivity index (χ0) is 13.1. The van der Waals surface area contributed by atoms with Crippen molar-refractivity contribution in [3.05, 3.63) is 16.7 Å². The van der Waals surface area contributed by atoms with E-state index in [0.29, 0.717) is 10.2 Å². The number of anilines is 2. The molecule has 1 rings (SSSR count). The molecule has 0 aliphatic heterocycles. The first-order valence-corrected chi connectivity index (χ1v) is 5.46. The van der Waals surface area contributed by atoms with Crippen LogP contribution in [0.4, 0.5) is 11.5 Å². The normalized spacial score (nSPS) is 12.7. The number of carbonyl (C=O) groups is 1. The minimum atomic E-state index is -1.62. The SMILES string of the molecule is C[C@](C#N)(CNc1cc(Br)cnc1N)C(=O)[O-].[Li+]. The molecular formula is C10H10BrLiN4O2. The Bertz CT molecular complexity index is 491. The summed E-state index contributed by atoms with van der Waals surface area (Å²) < 4.78 is 0.696. The number of nitrogen functional groups attached to an aromatic ring is 1. The zero-order valence-electron chi connectivity index (χ0n) is 10.0. The van der Waals surface area contributed by atoms with E-state index in [1.165, 1.54) is 13.1 Å². The van der Waals surface area contributed by atoms with Gasteiger partial charge >= 0.3 is 18.9 Å². The van der Waals surface area contributed by atoms with Gasteiger partial charge in [0.25, 0.3) is 0 Å². The van der Waals surface area contributed by atoms with E-state index in [4.69, 9.17) is 11.0 Å². The number of carbonyl (C=O) groups excluding carboxylic acids is 1. The van der Waals surface area contributed by atoms with E-state index < -0.39 is 11.4 Å². The van der Waals surface area contributed by atoms with Crippen LogP contribution in [0.1, 0.15) is 6.92 Å². The third-order valence-corrected chi connectivity index (χ3v) is 2.65. The van der Waals surface area contributed by atoms with Crippen LogP contribution in [-0.4, -0.2) is 17.5 Å². The summed E-state index contributed by atoms with van der Waals surface area (Å²) in [7, 11) is 0. The molecule has 0 saturated carbocycles. The molecule has 90 valence electrons. The molecule has 8 heteroatoms. The average Bonchev–Trinajstić information content (AvgIpc) is 2.29. The van der Waals surface area contributed by atoms with Crippen molar-refractivity contribution in [2.45, 2.75) is 6.92 Å². The second-order valence-electron chi connectivity index (χ2n) is 3.67. The van der Waals surface area contributed by atoms with Crippen molar-refractivity contribution in [2.75, 3.05) is 17.6 Å². The van der Waals surface area contributed by atoms with Gasteiger partial charge in [0.2, 0.25) is 0 Å². The molecule has 6 nitrogen and oxygen atoms in total. The molecule has 0 spiro atoms. The molecule has 0 radical (unpaired) electrons. The first-order valence-electron chi connectivity index (χ1n) is 4.66. The number of hydrogen-bond donors (Lipinski definition) is 2. The maximum absolute atomic E-state index is 10.8. The van der Waals surface area contributed by atoms with Crippen molar-refractivity contribution in [3.8, 4) is 6.07 Å². The molecule has 1 aromatic rings. The number of hydrogen-bond acceptors (Lipinski definition) is 6. The molecular weight excluding hydrogens is 295 g/mol. The van der Waals surface area contributed by atoms with Crippen LogP contribution in [0.2, 0.25) is 0 Å². The van der Waals surface area contributed by atoms with Crippen molar-refractivity contribution < 1.29 is 28.8 Å². The Hall–Kier alpha value is -1.21. The van der Waals surface area contributed by atoms with E-state index in [0.717, 1.165) is 0 Å². The van der Waals surface area contributed by atoms with Gasteiger partial charge < -0.3 is 21.0 Å². The molecule has 0 aromatic carbocycles. The predicted molar refractivity (Wildman–Crippen MR) is 63.6 cm³/mol. The molecule has 1 aromatic heterocycles. The van der Waals surface area contributed by atoms with Gasteiger partial charge in [0.1, 0.15) is 11.2 Å². The van der Waals surface area contributed by atoms with E-state index in [2.05, 4.69) is 26.2 Å². The largest absolute Gasteiger partial charge is 1.00 e. The van der Waals surface area contributed by atoms with E-state index in [1.54, 1.807) is 12.1 Å². The first kappa shape index (κ1) is 16.8. The Kier molecular flexibility index (Phi) is 6.20. The van der Waals surface area contributed by atoms with Crippen LogP contribution in [0.15, 0.2) is 16.7 Å². The van der Waals surface area contributed by atoms with Gasteiger partial charge in [0.05, 0.1) is 17.7 Å². The molecule has 1 atom stereocenters. The van der Waals surface area contributed by atoms with Gasteiger partial charge in [-0.05, 0) is 28.9 Å². The van der Waals surface area contributed by atoms with Gasteiger partial charge in [-0.2, -0.15) is 5.26 Å². The van der Waals surface area contributed by atoms with Gasteiger partial charge in [-0.15, -0.1) is 0 Å². The van der Waals surface area contributed by atoms with Crippen LogP contribution in [0.25, 0.3) is 0 Å². The molecule has 0 amide bonds. The van der Waals surface area contributed by atoms with Crippen molar-refractivity contribution in [3.63, 3.8) is 0 Å². The second-order valence-corrected chi connectivity index (χ2v) is 4.59. The van der Waals surface area contributed by atoms with Crippen molar-refractivity contribution in [1.82, 2.24) is 4.98 Å². The van der Waals surface area contributed by atoms with E-state index in [9.17, 15) is 9.90 Å². The molecule has 3 N–H and O–H groups in total. The van der Waals surface area contributed by atoms with E-state index in [-0.39, 0.29) is 31.2 Å². The summed E-state index contributed by atoms with van der Waals surface area (Å²) >= 11 is 3.21. The summed E-state index contributed by atoms with van der Waals surface area (Å²) in [6, 6.07) is 3.33. The smallest absolute Gasteiger partial charge is 0.548 e. The monoisotopic (exact) mass is 304 g/mol. The summed E-state index contributed by atoms with van der Waals surface area (Å²) in [5, 5.41) is 22.4. The maximum atomic E-state index is 10.8. The number of pyridine rings is 1. The minimum Gasteiger partial charge on any atom is -0.548 e. The second kappa shape index (κ2) is 6.65. The Morgan fingerprint density at radius 3 is 2.89 bits per heavy atom. The van der Waals surface area contributed by atoms with Crippen molar-refractivity contribution >= 4 is 33.4 Å². The number of aromatic nitrogens is 1. The van der Waals surface area contributed by atoms with Gasteiger partial charge in [-0.25, -0.2) is 4.98 Å². The molecule has 0 unspecified atom stereocenters. The zero-order valence-corrected chi connectivity index (χ0v) is 11.6. The maximum Gasteiger partial charge on any atom is 1.00 e. The van der Waals surface area contributed by atoms with Crippen LogP contribution < -0.4 is 35.0 Å². The van der Waals surface area contributed by atoms with Crippen molar-refractivity contribution in [2.24, 2.45) is 5.41 Å². The third kappa shape index (κ3) is 3.92. The van der Waals surface area contributed by atoms with Gasteiger partial charge in [-0.3, -0.25) is 0 Å². The Morgan fingerprint density at radius 2 is 2.39 bits per heavy atom. The molecule has 1 heterocycles. The number of rotatable bonds is 4. The Labute approximate surface area is 125 Å². The topological polar surface area (TPSA) is 115 Å². The minimum absolute atomic E-state index is 0. The fraction of sp³-hybridized carbons (Fsp3) is 0.300. The fourth-order valence-electron chi connectivity index (χ4n) is 1.02. The summed E-state index contributed by atoms with van der Waals surface area (Å²) in [6.45, 7) is 1.16. The van der Waals surface area contributed by atoms with E-state index >= 15 is 0 Å². The standard InChI is InChI=1S/C10H11BrN4O2.Li/c1-10(4-12,9(16)17)5-15-7-2-6(11)3-14-8(7)13;/h2-3,15H,5H2,1H3,(H2,13,14)(H,16,17);/q;+1/p-1/t10-;/m0./s1. The molecule has 0 bridgehead atoms.